The van der Waals surface area contributed by atoms with Crippen molar-refractivity contribution in [2.24, 2.45) is 0 Å². The highest BCUT2D eigenvalue weighted by atomic mass is 32.2. The van der Waals surface area contributed by atoms with Gasteiger partial charge < -0.3 is 20.4 Å². The van der Waals surface area contributed by atoms with Crippen LogP contribution < -0.4 is 19.8 Å². The minimum Gasteiger partial charge on any atom is -0.477 e. The van der Waals surface area contributed by atoms with Gasteiger partial charge in [0, 0.05) is 32.7 Å². The Morgan fingerprint density at radius 3 is 2.50 bits per heavy atom. The number of carbonyl (C=O) groups is 1. The van der Waals surface area contributed by atoms with E-state index in [1.54, 1.807) is 19.1 Å². The summed E-state index contributed by atoms with van der Waals surface area (Å²) in [5.41, 5.74) is 1.90. The van der Waals surface area contributed by atoms with Crippen LogP contribution in [0.3, 0.4) is 0 Å². The summed E-state index contributed by atoms with van der Waals surface area (Å²) in [6.45, 7) is 3.36. The lowest BCUT2D eigenvalue weighted by molar-refractivity contribution is 0.0701. The smallest absolute Gasteiger partial charge is 0.347 e. The van der Waals surface area contributed by atoms with E-state index in [0.29, 0.717) is 60.6 Å². The molecular formula is C22H27N7O5S2. The topological polar surface area (TPSA) is 161 Å². The standard InChI is InChI=1S/C22H27N7O5S2/c1-13-19(20(31)32)35-22(24-13)27-21-25-17(11-18(26-21)29-9-7-16(30)8-10-29)23-12-14-3-5-15(6-4-14)28(2)36(33)34/h3-6,11,16,30,36H,7-10,12H2,1-2H3,(H,31,32)(H2,23,24,25,26,27). The van der Waals surface area contributed by atoms with Crippen LogP contribution in [0.4, 0.5) is 28.4 Å². The first-order valence-electron chi connectivity index (χ1n) is 11.2. The molecule has 1 aromatic carbocycles. The Morgan fingerprint density at radius 1 is 1.19 bits per heavy atom. The number of piperidine rings is 1. The van der Waals surface area contributed by atoms with Crippen LogP contribution in [0.15, 0.2) is 30.3 Å². The number of thiol groups is 1. The molecule has 1 fully saturated rings. The molecule has 0 bridgehead atoms. The number of hydrogen-bond donors (Lipinski definition) is 5. The van der Waals surface area contributed by atoms with E-state index in [0.717, 1.165) is 16.9 Å². The average Bonchev–Trinajstić information content (AvgIpc) is 3.23. The minimum atomic E-state index is -2.70. The number of benzene rings is 1. The number of aromatic nitrogens is 3. The maximum atomic E-state index is 11.4. The van der Waals surface area contributed by atoms with Gasteiger partial charge in [0.2, 0.25) is 16.8 Å². The maximum Gasteiger partial charge on any atom is 0.347 e. The van der Waals surface area contributed by atoms with E-state index in [1.807, 2.05) is 18.2 Å². The van der Waals surface area contributed by atoms with Crippen molar-refractivity contribution in [2.75, 3.05) is 40.0 Å². The molecule has 1 saturated heterocycles. The van der Waals surface area contributed by atoms with Crippen LogP contribution in [0, 0.1) is 6.92 Å². The van der Waals surface area contributed by atoms with Gasteiger partial charge >= 0.3 is 5.97 Å². The molecule has 0 unspecified atom stereocenters. The lowest BCUT2D eigenvalue weighted by atomic mass is 10.1. The molecular weight excluding hydrogens is 506 g/mol. The van der Waals surface area contributed by atoms with Gasteiger partial charge in [-0.05, 0) is 37.5 Å². The average molecular weight is 534 g/mol. The van der Waals surface area contributed by atoms with Crippen molar-refractivity contribution in [3.8, 4) is 0 Å². The number of hydrogen-bond acceptors (Lipinski definition) is 11. The Labute approximate surface area is 213 Å². The van der Waals surface area contributed by atoms with Gasteiger partial charge in [-0.2, -0.15) is 9.97 Å². The van der Waals surface area contributed by atoms with Crippen molar-refractivity contribution >= 4 is 56.6 Å². The highest BCUT2D eigenvalue weighted by Gasteiger charge is 2.20. The number of aliphatic hydroxyl groups excluding tert-OH is 1. The molecule has 3 aromatic rings. The predicted molar refractivity (Wildman–Crippen MR) is 139 cm³/mol. The maximum absolute atomic E-state index is 11.4. The highest BCUT2D eigenvalue weighted by Crippen LogP contribution is 2.28. The number of anilines is 5. The first-order valence-corrected chi connectivity index (χ1v) is 13.1. The summed E-state index contributed by atoms with van der Waals surface area (Å²) in [6.07, 6.45) is 0.949. The molecule has 4 rings (SSSR count). The second-order valence-electron chi connectivity index (χ2n) is 8.30. The van der Waals surface area contributed by atoms with Crippen LogP contribution in [0.25, 0.3) is 0 Å². The third kappa shape index (κ3) is 6.19. The first-order chi connectivity index (χ1) is 17.2. The van der Waals surface area contributed by atoms with Crippen LogP contribution in [0.1, 0.15) is 33.8 Å². The molecule has 12 nitrogen and oxygen atoms in total. The molecule has 0 spiro atoms. The summed E-state index contributed by atoms with van der Waals surface area (Å²) >= 11 is 1.01. The van der Waals surface area contributed by atoms with Gasteiger partial charge in [0.05, 0.1) is 17.5 Å². The number of carboxylic acid groups (broad SMARTS) is 1. The van der Waals surface area contributed by atoms with Crippen molar-refractivity contribution in [2.45, 2.75) is 32.4 Å². The molecule has 36 heavy (non-hydrogen) atoms. The summed E-state index contributed by atoms with van der Waals surface area (Å²) in [6, 6.07) is 8.94. The Morgan fingerprint density at radius 2 is 1.89 bits per heavy atom. The number of aryl methyl sites for hydroxylation is 1. The predicted octanol–water partition coefficient (Wildman–Crippen LogP) is 2.22. The van der Waals surface area contributed by atoms with Gasteiger partial charge in [0.15, 0.2) is 5.13 Å². The van der Waals surface area contributed by atoms with Crippen molar-refractivity contribution in [3.05, 3.63) is 46.5 Å². The van der Waals surface area contributed by atoms with Crippen LogP contribution in [0.2, 0.25) is 0 Å². The SMILES string of the molecule is Cc1nc(Nc2nc(NCc3ccc(N(C)[SH](=O)=O)cc3)cc(N3CCC(O)CC3)n2)sc1C(=O)O. The second kappa shape index (κ2) is 11.1. The van der Waals surface area contributed by atoms with Crippen LogP contribution in [0.5, 0.6) is 0 Å². The minimum absolute atomic E-state index is 0.146. The van der Waals surface area contributed by atoms with Crippen molar-refractivity contribution in [3.63, 3.8) is 0 Å². The number of nitrogens with zero attached hydrogens (tertiary/aromatic N) is 5. The van der Waals surface area contributed by atoms with E-state index in [1.165, 1.54) is 11.4 Å². The molecule has 0 atom stereocenters. The molecule has 0 radical (unpaired) electrons. The molecule has 1 aliphatic rings. The zero-order valence-corrected chi connectivity index (χ0v) is 21.4. The Bertz CT molecular complexity index is 1300. The lowest BCUT2D eigenvalue weighted by Crippen LogP contribution is -2.36. The monoisotopic (exact) mass is 533 g/mol. The zero-order chi connectivity index (χ0) is 25.8. The number of aromatic carboxylic acids is 1. The van der Waals surface area contributed by atoms with Gasteiger partial charge in [-0.25, -0.2) is 18.2 Å². The van der Waals surface area contributed by atoms with Crippen LogP contribution in [-0.2, 0) is 17.4 Å². The normalized spacial score (nSPS) is 14.2. The number of rotatable bonds is 9. The second-order valence-corrected chi connectivity index (χ2v) is 10.4. The van der Waals surface area contributed by atoms with E-state index in [2.05, 4.69) is 30.5 Å². The molecule has 192 valence electrons. The quantitative estimate of drug-likeness (QED) is 0.257. The fourth-order valence-electron chi connectivity index (χ4n) is 3.70. The van der Waals surface area contributed by atoms with E-state index in [9.17, 15) is 23.4 Å². The van der Waals surface area contributed by atoms with E-state index in [4.69, 9.17) is 0 Å². The van der Waals surface area contributed by atoms with Crippen molar-refractivity contribution < 1.29 is 23.4 Å². The van der Waals surface area contributed by atoms with E-state index >= 15 is 0 Å². The molecule has 2 aromatic heterocycles. The van der Waals surface area contributed by atoms with Crippen molar-refractivity contribution in [1.29, 1.82) is 0 Å². The zero-order valence-electron chi connectivity index (χ0n) is 19.7. The fourth-order valence-corrected chi connectivity index (χ4v) is 4.82. The summed E-state index contributed by atoms with van der Waals surface area (Å²) < 4.78 is 23.5. The van der Waals surface area contributed by atoms with Crippen molar-refractivity contribution in [1.82, 2.24) is 15.0 Å². The molecule has 4 N–H and O–H groups in total. The highest BCUT2D eigenvalue weighted by molar-refractivity contribution is 7.74. The number of nitrogens with one attached hydrogen (secondary N) is 2. The Hall–Kier alpha value is -3.49. The van der Waals surface area contributed by atoms with Gasteiger partial charge in [0.1, 0.15) is 16.5 Å². The summed E-state index contributed by atoms with van der Waals surface area (Å²) in [5.74, 6) is 0.443. The third-order valence-electron chi connectivity index (χ3n) is 5.74. The fraction of sp³-hybridized carbons (Fsp3) is 0.364. The summed E-state index contributed by atoms with van der Waals surface area (Å²) in [7, 11) is -1.21. The van der Waals surface area contributed by atoms with Gasteiger partial charge in [-0.3, -0.25) is 9.62 Å². The number of aliphatic hydroxyl groups is 1. The van der Waals surface area contributed by atoms with Crippen LogP contribution in [-0.4, -0.2) is 65.8 Å². The van der Waals surface area contributed by atoms with E-state index < -0.39 is 16.9 Å². The molecule has 14 heteroatoms. The molecule has 1 aliphatic heterocycles. The molecule has 0 amide bonds. The van der Waals surface area contributed by atoms with Gasteiger partial charge in [-0.1, -0.05) is 23.5 Å². The molecule has 0 saturated carbocycles. The lowest BCUT2D eigenvalue weighted by Gasteiger charge is -2.30. The number of thiazole rings is 1. The summed E-state index contributed by atoms with van der Waals surface area (Å²) in [4.78, 5) is 27.0. The van der Waals surface area contributed by atoms with Gasteiger partial charge in [0.25, 0.3) is 0 Å². The van der Waals surface area contributed by atoms with Gasteiger partial charge in [-0.15, -0.1) is 0 Å². The largest absolute Gasteiger partial charge is 0.477 e. The first kappa shape index (κ1) is 25.6. The third-order valence-corrected chi connectivity index (χ3v) is 7.52. The molecule has 3 heterocycles. The summed E-state index contributed by atoms with van der Waals surface area (Å²) in [5, 5.41) is 25.9. The Kier molecular flexibility index (Phi) is 7.86. The Balaban J connectivity index is 1.55. The van der Waals surface area contributed by atoms with E-state index in [-0.39, 0.29) is 16.9 Å². The number of carboxylic acids is 1. The molecule has 0 aliphatic carbocycles. The van der Waals surface area contributed by atoms with Crippen LogP contribution >= 0.6 is 11.3 Å².